The van der Waals surface area contributed by atoms with Crippen molar-refractivity contribution in [1.29, 1.82) is 0 Å². The molecular formula is C18H18N6S. The zero-order chi connectivity index (χ0) is 16.5. The first-order valence-corrected chi connectivity index (χ1v) is 9.79. The van der Waals surface area contributed by atoms with E-state index >= 15 is 0 Å². The summed E-state index contributed by atoms with van der Waals surface area (Å²) in [6, 6.07) is 2.10. The van der Waals surface area contributed by atoms with Gasteiger partial charge in [0.05, 0.1) is 5.39 Å². The Labute approximate surface area is 148 Å². The fraction of sp³-hybridized carbons (Fsp3) is 0.444. The monoisotopic (exact) mass is 350 g/mol. The minimum absolute atomic E-state index is 0.650. The molecule has 4 aromatic rings. The molecule has 0 saturated heterocycles. The van der Waals surface area contributed by atoms with Crippen molar-refractivity contribution in [3.63, 3.8) is 0 Å². The van der Waals surface area contributed by atoms with Gasteiger partial charge in [-0.25, -0.2) is 14.5 Å². The number of thiophene rings is 1. The molecule has 1 fully saturated rings. The third-order valence-corrected chi connectivity index (χ3v) is 6.64. The minimum atomic E-state index is 0.650. The number of aryl methyl sites for hydroxylation is 1. The number of fused-ring (bicyclic) bond motifs is 5. The quantitative estimate of drug-likeness (QED) is 0.598. The van der Waals surface area contributed by atoms with Crippen LogP contribution in [0, 0.1) is 5.92 Å². The predicted octanol–water partition coefficient (Wildman–Crippen LogP) is 3.73. The molecule has 6 nitrogen and oxygen atoms in total. The molecule has 0 aromatic carbocycles. The van der Waals surface area contributed by atoms with E-state index in [1.807, 2.05) is 15.9 Å². The Morgan fingerprint density at radius 3 is 3.08 bits per heavy atom. The van der Waals surface area contributed by atoms with Crippen LogP contribution in [0.15, 0.2) is 12.4 Å². The highest BCUT2D eigenvalue weighted by atomic mass is 32.1. The first-order valence-electron chi connectivity index (χ1n) is 8.97. The van der Waals surface area contributed by atoms with Crippen LogP contribution in [-0.4, -0.2) is 29.8 Å². The zero-order valence-corrected chi connectivity index (χ0v) is 14.8. The van der Waals surface area contributed by atoms with Gasteiger partial charge in [0, 0.05) is 16.5 Å². The van der Waals surface area contributed by atoms with E-state index in [0.29, 0.717) is 11.7 Å². The number of aromatic nitrogens is 6. The maximum absolute atomic E-state index is 4.84. The number of hydrogen-bond acceptors (Lipinski definition) is 5. The highest BCUT2D eigenvalue weighted by Gasteiger charge is 2.27. The largest absolute Gasteiger partial charge is 0.282 e. The summed E-state index contributed by atoms with van der Waals surface area (Å²) in [6.07, 6.45) is 7.81. The van der Waals surface area contributed by atoms with E-state index in [9.17, 15) is 0 Å². The molecule has 25 heavy (non-hydrogen) atoms. The Hall–Kier alpha value is -2.28. The number of nitrogens with zero attached hydrogens (tertiary/aromatic N) is 5. The zero-order valence-electron chi connectivity index (χ0n) is 14.0. The number of hydrogen-bond donors (Lipinski definition) is 1. The second kappa shape index (κ2) is 4.88. The van der Waals surface area contributed by atoms with E-state index in [1.54, 1.807) is 6.33 Å². The first-order chi connectivity index (χ1) is 12.3. The third-order valence-electron chi connectivity index (χ3n) is 5.48. The van der Waals surface area contributed by atoms with Crippen LogP contribution in [-0.2, 0) is 12.8 Å². The minimum Gasteiger partial charge on any atom is -0.282 e. The molecule has 2 aliphatic rings. The maximum atomic E-state index is 4.84. The van der Waals surface area contributed by atoms with Gasteiger partial charge < -0.3 is 0 Å². The van der Waals surface area contributed by atoms with Crippen molar-refractivity contribution in [3.05, 3.63) is 28.5 Å². The molecule has 6 rings (SSSR count). The molecule has 1 atom stereocenters. The third kappa shape index (κ3) is 2.08. The van der Waals surface area contributed by atoms with Crippen molar-refractivity contribution in [1.82, 2.24) is 29.8 Å². The summed E-state index contributed by atoms with van der Waals surface area (Å²) in [5, 5.41) is 13.4. The molecule has 4 aromatic heterocycles. The van der Waals surface area contributed by atoms with Crippen molar-refractivity contribution < 1.29 is 0 Å². The van der Waals surface area contributed by atoms with Crippen LogP contribution in [0.2, 0.25) is 0 Å². The predicted molar refractivity (Wildman–Crippen MR) is 96.9 cm³/mol. The van der Waals surface area contributed by atoms with Crippen LogP contribution < -0.4 is 0 Å². The van der Waals surface area contributed by atoms with Crippen LogP contribution in [0.1, 0.15) is 48.2 Å². The van der Waals surface area contributed by atoms with E-state index in [-0.39, 0.29) is 0 Å². The van der Waals surface area contributed by atoms with E-state index in [0.717, 1.165) is 34.9 Å². The standard InChI is InChI=1S/C18H18N6S/c1-9-2-5-11-14(6-9)25-18-15(11)17-20-16(23-24(17)8-19-18)13-7-12(21-22-13)10-3-4-10/h7-10H,2-6H2,1H3,(H,21,22)/t9-/m0/s1. The Bertz CT molecular complexity index is 1120. The van der Waals surface area contributed by atoms with Gasteiger partial charge in [0.25, 0.3) is 0 Å². The second-order valence-electron chi connectivity index (χ2n) is 7.46. The van der Waals surface area contributed by atoms with Gasteiger partial charge in [-0.1, -0.05) is 6.92 Å². The number of rotatable bonds is 2. The smallest absolute Gasteiger partial charge is 0.202 e. The molecule has 0 bridgehead atoms. The lowest BCUT2D eigenvalue weighted by atomic mass is 9.89. The van der Waals surface area contributed by atoms with Gasteiger partial charge in [0.15, 0.2) is 5.65 Å². The molecular weight excluding hydrogens is 332 g/mol. The fourth-order valence-electron chi connectivity index (χ4n) is 3.90. The first kappa shape index (κ1) is 13.9. The molecule has 0 aliphatic heterocycles. The van der Waals surface area contributed by atoms with Gasteiger partial charge in [-0.15, -0.1) is 16.4 Å². The highest BCUT2D eigenvalue weighted by Crippen LogP contribution is 2.40. The van der Waals surface area contributed by atoms with Gasteiger partial charge in [-0.3, -0.25) is 5.10 Å². The van der Waals surface area contributed by atoms with Gasteiger partial charge >= 0.3 is 0 Å². The summed E-state index contributed by atoms with van der Waals surface area (Å²) in [5.74, 6) is 2.09. The normalized spacial score (nSPS) is 20.4. The van der Waals surface area contributed by atoms with E-state index in [2.05, 4.69) is 33.3 Å². The molecule has 0 spiro atoms. The molecule has 126 valence electrons. The second-order valence-corrected chi connectivity index (χ2v) is 8.55. The number of H-pyrrole nitrogens is 1. The average molecular weight is 350 g/mol. The van der Waals surface area contributed by atoms with Crippen LogP contribution >= 0.6 is 11.3 Å². The van der Waals surface area contributed by atoms with Crippen LogP contribution in [0.5, 0.6) is 0 Å². The Balaban J connectivity index is 1.53. The lowest BCUT2D eigenvalue weighted by molar-refractivity contribution is 0.509. The van der Waals surface area contributed by atoms with Gasteiger partial charge in [-0.2, -0.15) is 5.10 Å². The van der Waals surface area contributed by atoms with Crippen molar-refractivity contribution >= 4 is 27.2 Å². The summed E-state index contributed by atoms with van der Waals surface area (Å²) >= 11 is 1.83. The van der Waals surface area contributed by atoms with Gasteiger partial charge in [-0.05, 0) is 49.7 Å². The topological polar surface area (TPSA) is 71.8 Å². The maximum Gasteiger partial charge on any atom is 0.202 e. The molecule has 0 amide bonds. The van der Waals surface area contributed by atoms with E-state index in [4.69, 9.17) is 4.98 Å². The van der Waals surface area contributed by atoms with Gasteiger partial charge in [0.1, 0.15) is 16.9 Å². The highest BCUT2D eigenvalue weighted by molar-refractivity contribution is 7.19. The summed E-state index contributed by atoms with van der Waals surface area (Å²) < 4.78 is 1.81. The van der Waals surface area contributed by atoms with Gasteiger partial charge in [0.2, 0.25) is 5.82 Å². The number of nitrogens with one attached hydrogen (secondary N) is 1. The van der Waals surface area contributed by atoms with Crippen LogP contribution in [0.25, 0.3) is 27.4 Å². The molecule has 7 heteroatoms. The summed E-state index contributed by atoms with van der Waals surface area (Å²) in [6.45, 7) is 2.33. The van der Waals surface area contributed by atoms with E-state index < -0.39 is 0 Å². The summed E-state index contributed by atoms with van der Waals surface area (Å²) in [5.41, 5.74) is 4.40. The van der Waals surface area contributed by atoms with Crippen molar-refractivity contribution in [2.45, 2.75) is 44.9 Å². The SMILES string of the molecule is C[C@H]1CCc2c(sc3ncn4nc(-c5cc(C6CC6)[nH]n5)nc4c23)C1. The molecule has 0 unspecified atom stereocenters. The Morgan fingerprint density at radius 2 is 2.20 bits per heavy atom. The van der Waals surface area contributed by atoms with Crippen molar-refractivity contribution in [2.24, 2.45) is 5.92 Å². The summed E-state index contributed by atoms with van der Waals surface area (Å²) in [7, 11) is 0. The molecule has 4 heterocycles. The summed E-state index contributed by atoms with van der Waals surface area (Å²) in [4.78, 5) is 12.1. The lowest BCUT2D eigenvalue weighted by Gasteiger charge is -2.17. The van der Waals surface area contributed by atoms with Crippen LogP contribution in [0.4, 0.5) is 0 Å². The van der Waals surface area contributed by atoms with Crippen molar-refractivity contribution in [3.8, 4) is 11.5 Å². The molecule has 0 radical (unpaired) electrons. The molecule has 1 N–H and O–H groups in total. The van der Waals surface area contributed by atoms with Crippen molar-refractivity contribution in [2.75, 3.05) is 0 Å². The Kier molecular flexibility index (Phi) is 2.72. The lowest BCUT2D eigenvalue weighted by Crippen LogP contribution is -2.08. The molecule has 1 saturated carbocycles. The van der Waals surface area contributed by atoms with Crippen LogP contribution in [0.3, 0.4) is 0 Å². The van der Waals surface area contributed by atoms with E-state index in [1.165, 1.54) is 40.8 Å². The molecule has 2 aliphatic carbocycles. The number of aromatic amines is 1. The Morgan fingerprint density at radius 1 is 1.28 bits per heavy atom. The average Bonchev–Trinajstić information content (AvgIpc) is 3.06. The fourth-order valence-corrected chi connectivity index (χ4v) is 5.25.